The number of fused-ring (bicyclic) bond motifs is 1. The molecule has 0 unspecified atom stereocenters. The summed E-state index contributed by atoms with van der Waals surface area (Å²) < 4.78 is 42.5. The van der Waals surface area contributed by atoms with Crippen molar-refractivity contribution in [3.05, 3.63) is 72.9 Å². The van der Waals surface area contributed by atoms with Gasteiger partial charge in [0.2, 0.25) is 0 Å². The van der Waals surface area contributed by atoms with Crippen LogP contribution in [0.4, 0.5) is 13.2 Å². The van der Waals surface area contributed by atoms with Gasteiger partial charge in [0.05, 0.1) is 11.0 Å². The first-order valence-corrected chi connectivity index (χ1v) is 8.72. The van der Waals surface area contributed by atoms with Crippen LogP contribution in [0.25, 0.3) is 27.7 Å². The molecule has 0 saturated carbocycles. The molecular formula is C21H16F3N3O. The molecule has 0 bridgehead atoms. The molecule has 1 aromatic carbocycles. The number of imidazole rings is 1. The Kier molecular flexibility index (Phi) is 4.73. The lowest BCUT2D eigenvalue weighted by molar-refractivity contribution is -0.274. The molecule has 7 heteroatoms. The summed E-state index contributed by atoms with van der Waals surface area (Å²) in [6.07, 6.45) is 9.88. The molecule has 142 valence electrons. The molecule has 0 atom stereocenters. The van der Waals surface area contributed by atoms with Crippen molar-refractivity contribution in [1.29, 1.82) is 0 Å². The van der Waals surface area contributed by atoms with Crippen LogP contribution in [0.3, 0.4) is 0 Å². The summed E-state index contributed by atoms with van der Waals surface area (Å²) in [5.41, 5.74) is 3.20. The van der Waals surface area contributed by atoms with Crippen molar-refractivity contribution in [2.45, 2.75) is 19.2 Å². The van der Waals surface area contributed by atoms with E-state index in [-0.39, 0.29) is 5.75 Å². The van der Waals surface area contributed by atoms with E-state index in [2.05, 4.69) is 25.8 Å². The molecule has 1 aliphatic rings. The second-order valence-corrected chi connectivity index (χ2v) is 6.29. The fraction of sp³-hybridized carbons (Fsp3) is 0.143. The quantitative estimate of drug-likeness (QED) is 0.621. The molecule has 28 heavy (non-hydrogen) atoms. The van der Waals surface area contributed by atoms with Crippen LogP contribution in [0.1, 0.15) is 18.7 Å². The molecule has 2 aromatic heterocycles. The number of rotatable bonds is 3. The van der Waals surface area contributed by atoms with Crippen molar-refractivity contribution in [2.24, 2.45) is 0 Å². The van der Waals surface area contributed by atoms with Crippen molar-refractivity contribution in [3.63, 3.8) is 0 Å². The SMILES string of the molecule is FC(F)(F)Oc1cc(-c2cccnc2)c2nc(C3=CC=CC=CCC3)[nH]c2c1. The van der Waals surface area contributed by atoms with E-state index in [1.807, 2.05) is 24.3 Å². The topological polar surface area (TPSA) is 50.8 Å². The third-order valence-electron chi connectivity index (χ3n) is 4.31. The molecule has 0 spiro atoms. The third kappa shape index (κ3) is 3.98. The molecule has 3 aromatic rings. The molecule has 0 saturated heterocycles. The number of H-pyrrole nitrogens is 1. The van der Waals surface area contributed by atoms with Crippen molar-refractivity contribution in [3.8, 4) is 16.9 Å². The second kappa shape index (κ2) is 7.34. The highest BCUT2D eigenvalue weighted by molar-refractivity contribution is 5.94. The average Bonchev–Trinajstić information content (AvgIpc) is 3.04. The van der Waals surface area contributed by atoms with E-state index in [4.69, 9.17) is 0 Å². The molecule has 4 nitrogen and oxygen atoms in total. The van der Waals surface area contributed by atoms with Gasteiger partial charge in [-0.05, 0) is 30.5 Å². The molecule has 1 aliphatic carbocycles. The molecule has 0 fully saturated rings. The van der Waals surface area contributed by atoms with Crippen LogP contribution in [0.5, 0.6) is 5.75 Å². The van der Waals surface area contributed by atoms with Crippen LogP contribution in [-0.4, -0.2) is 21.3 Å². The Morgan fingerprint density at radius 1 is 1.11 bits per heavy atom. The van der Waals surface area contributed by atoms with E-state index in [0.717, 1.165) is 18.4 Å². The first-order valence-electron chi connectivity index (χ1n) is 8.72. The lowest BCUT2D eigenvalue weighted by atomic mass is 10.1. The highest BCUT2D eigenvalue weighted by Gasteiger charge is 2.31. The highest BCUT2D eigenvalue weighted by atomic mass is 19.4. The van der Waals surface area contributed by atoms with E-state index >= 15 is 0 Å². The van der Waals surface area contributed by atoms with Gasteiger partial charge >= 0.3 is 6.36 Å². The van der Waals surface area contributed by atoms with E-state index in [9.17, 15) is 13.2 Å². The monoisotopic (exact) mass is 383 g/mol. The minimum atomic E-state index is -4.78. The summed E-state index contributed by atoms with van der Waals surface area (Å²) in [5, 5.41) is 0. The Hall–Kier alpha value is -3.35. The van der Waals surface area contributed by atoms with Gasteiger partial charge in [0.1, 0.15) is 11.6 Å². The van der Waals surface area contributed by atoms with E-state index < -0.39 is 6.36 Å². The smallest absolute Gasteiger partial charge is 0.406 e. The molecule has 0 aliphatic heterocycles. The van der Waals surface area contributed by atoms with Crippen LogP contribution < -0.4 is 4.74 Å². The maximum atomic E-state index is 12.8. The van der Waals surface area contributed by atoms with Gasteiger partial charge in [0.25, 0.3) is 0 Å². The summed E-state index contributed by atoms with van der Waals surface area (Å²) in [5.74, 6) is 0.327. The normalized spacial score (nSPS) is 14.6. The number of benzene rings is 1. The van der Waals surface area contributed by atoms with Gasteiger partial charge in [-0.15, -0.1) is 13.2 Å². The van der Waals surface area contributed by atoms with Gasteiger partial charge in [-0.2, -0.15) is 0 Å². The van der Waals surface area contributed by atoms with Gasteiger partial charge < -0.3 is 9.72 Å². The number of pyridine rings is 1. The number of hydrogen-bond donors (Lipinski definition) is 1. The van der Waals surface area contributed by atoms with Crippen molar-refractivity contribution in [1.82, 2.24) is 15.0 Å². The fourth-order valence-electron chi connectivity index (χ4n) is 3.11. The third-order valence-corrected chi connectivity index (χ3v) is 4.31. The molecule has 4 rings (SSSR count). The van der Waals surface area contributed by atoms with Gasteiger partial charge in [-0.1, -0.05) is 36.4 Å². The number of ether oxygens (including phenoxy) is 1. The number of aromatic nitrogens is 3. The van der Waals surface area contributed by atoms with Crippen LogP contribution >= 0.6 is 0 Å². The van der Waals surface area contributed by atoms with Crippen molar-refractivity contribution >= 4 is 16.6 Å². The Labute approximate surface area is 159 Å². The molecule has 0 radical (unpaired) electrons. The molecule has 0 amide bonds. The fourth-order valence-corrected chi connectivity index (χ4v) is 3.11. The van der Waals surface area contributed by atoms with Gasteiger partial charge in [-0.25, -0.2) is 4.98 Å². The summed E-state index contributed by atoms with van der Waals surface area (Å²) in [6.45, 7) is 0. The number of halogens is 3. The summed E-state index contributed by atoms with van der Waals surface area (Å²) in [7, 11) is 0. The standard InChI is InChI=1S/C21H16F3N3O/c22-21(23,24)28-16-11-17(15-9-6-10-25-13-15)19-18(12-16)26-20(27-19)14-7-4-2-1-3-5-8-14/h1-4,6-7,9-13H,5,8H2,(H,26,27). The van der Waals surface area contributed by atoms with Gasteiger partial charge in [0.15, 0.2) is 0 Å². The zero-order chi connectivity index (χ0) is 19.6. The average molecular weight is 383 g/mol. The lowest BCUT2D eigenvalue weighted by Crippen LogP contribution is -2.17. The van der Waals surface area contributed by atoms with Crippen LogP contribution in [0, 0.1) is 0 Å². The summed E-state index contributed by atoms with van der Waals surface area (Å²) in [6, 6.07) is 6.15. The zero-order valence-electron chi connectivity index (χ0n) is 14.7. The number of nitrogens with zero attached hydrogens (tertiary/aromatic N) is 2. The Morgan fingerprint density at radius 3 is 2.79 bits per heavy atom. The first kappa shape index (κ1) is 18.0. The van der Waals surface area contributed by atoms with E-state index in [1.165, 1.54) is 12.1 Å². The lowest BCUT2D eigenvalue weighted by Gasteiger charge is -2.11. The number of nitrogens with one attached hydrogen (secondary N) is 1. The Morgan fingerprint density at radius 2 is 2.00 bits per heavy atom. The Balaban J connectivity index is 1.86. The first-order chi connectivity index (χ1) is 13.5. The highest BCUT2D eigenvalue weighted by Crippen LogP contribution is 2.35. The van der Waals surface area contributed by atoms with Crippen molar-refractivity contribution in [2.75, 3.05) is 0 Å². The van der Waals surface area contributed by atoms with Crippen LogP contribution in [-0.2, 0) is 0 Å². The van der Waals surface area contributed by atoms with E-state index in [1.54, 1.807) is 24.5 Å². The largest absolute Gasteiger partial charge is 0.573 e. The summed E-state index contributed by atoms with van der Waals surface area (Å²) >= 11 is 0. The maximum Gasteiger partial charge on any atom is 0.573 e. The zero-order valence-corrected chi connectivity index (χ0v) is 14.7. The van der Waals surface area contributed by atoms with Crippen LogP contribution in [0.2, 0.25) is 0 Å². The molecular weight excluding hydrogens is 367 g/mol. The van der Waals surface area contributed by atoms with Gasteiger partial charge in [-0.3, -0.25) is 4.98 Å². The second-order valence-electron chi connectivity index (χ2n) is 6.29. The molecule has 2 heterocycles. The van der Waals surface area contributed by atoms with Gasteiger partial charge in [0, 0.05) is 29.6 Å². The number of allylic oxidation sites excluding steroid dienone is 6. The molecule has 1 N–H and O–H groups in total. The van der Waals surface area contributed by atoms with Crippen LogP contribution in [0.15, 0.2) is 67.0 Å². The predicted molar refractivity (Wildman–Crippen MR) is 101 cm³/mol. The van der Waals surface area contributed by atoms with E-state index in [0.29, 0.717) is 28.0 Å². The predicted octanol–water partition coefficient (Wildman–Crippen LogP) is 5.81. The number of alkyl halides is 3. The number of hydrogen-bond acceptors (Lipinski definition) is 3. The minimum Gasteiger partial charge on any atom is -0.406 e. The Bertz CT molecular complexity index is 1080. The minimum absolute atomic E-state index is 0.302. The maximum absolute atomic E-state index is 12.8. The number of aromatic amines is 1. The summed E-state index contributed by atoms with van der Waals surface area (Å²) in [4.78, 5) is 11.9. The van der Waals surface area contributed by atoms with Crippen molar-refractivity contribution < 1.29 is 17.9 Å².